The van der Waals surface area contributed by atoms with E-state index in [1.165, 1.54) is 6.92 Å². The summed E-state index contributed by atoms with van der Waals surface area (Å²) >= 11 is 0. The molecule has 7 heteroatoms. The van der Waals surface area contributed by atoms with Gasteiger partial charge in [0.05, 0.1) is 0 Å². The van der Waals surface area contributed by atoms with E-state index in [0.29, 0.717) is 4.90 Å². The summed E-state index contributed by atoms with van der Waals surface area (Å²) in [6.45, 7) is 1.19. The van der Waals surface area contributed by atoms with Gasteiger partial charge in [-0.15, -0.1) is 0 Å². The second kappa shape index (κ2) is 3.44. The molecule has 0 aromatic rings. The fraction of sp³-hybridized carbons (Fsp3) is 0.429. The molecule has 0 spiro atoms. The first-order valence-corrected chi connectivity index (χ1v) is 3.82. The molecule has 0 saturated carbocycles. The molecule has 2 N–H and O–H groups in total. The third kappa shape index (κ3) is 1.70. The van der Waals surface area contributed by atoms with Gasteiger partial charge in [0.25, 0.3) is 0 Å². The van der Waals surface area contributed by atoms with Crippen LogP contribution in [0.1, 0.15) is 13.3 Å². The van der Waals surface area contributed by atoms with Crippen LogP contribution in [0.25, 0.3) is 0 Å². The van der Waals surface area contributed by atoms with E-state index >= 15 is 0 Å². The van der Waals surface area contributed by atoms with Crippen molar-refractivity contribution in [3.8, 4) is 0 Å². The number of nitrogens with zero attached hydrogens (tertiary/aromatic N) is 1. The predicted octanol–water partition coefficient (Wildman–Crippen LogP) is -1.07. The van der Waals surface area contributed by atoms with Gasteiger partial charge < -0.3 is 5.11 Å². The first kappa shape index (κ1) is 10.2. The van der Waals surface area contributed by atoms with E-state index in [1.807, 2.05) is 5.32 Å². The highest BCUT2D eigenvalue weighted by atomic mass is 16.4. The number of barbiturate groups is 1. The molecule has 0 bridgehead atoms. The van der Waals surface area contributed by atoms with E-state index in [1.54, 1.807) is 0 Å². The molecule has 14 heavy (non-hydrogen) atoms. The van der Waals surface area contributed by atoms with Crippen LogP contribution in [0.4, 0.5) is 4.79 Å². The average Bonchev–Trinajstić information content (AvgIpc) is 2.01. The fourth-order valence-electron chi connectivity index (χ4n) is 1.06. The molecule has 0 radical (unpaired) electrons. The highest BCUT2D eigenvalue weighted by molar-refractivity contribution is 6.15. The van der Waals surface area contributed by atoms with Crippen molar-refractivity contribution in [2.45, 2.75) is 19.4 Å². The van der Waals surface area contributed by atoms with Crippen LogP contribution in [0.3, 0.4) is 0 Å². The van der Waals surface area contributed by atoms with Gasteiger partial charge in [0.1, 0.15) is 12.5 Å². The van der Waals surface area contributed by atoms with Crippen molar-refractivity contribution in [1.82, 2.24) is 10.2 Å². The number of nitrogens with one attached hydrogen (secondary N) is 1. The Morgan fingerprint density at radius 3 is 2.50 bits per heavy atom. The van der Waals surface area contributed by atoms with Gasteiger partial charge in [-0.1, -0.05) is 0 Å². The van der Waals surface area contributed by atoms with Crippen molar-refractivity contribution in [2.75, 3.05) is 0 Å². The van der Waals surface area contributed by atoms with Crippen LogP contribution in [-0.2, 0) is 14.4 Å². The van der Waals surface area contributed by atoms with Crippen LogP contribution in [0.5, 0.6) is 0 Å². The second-order valence-corrected chi connectivity index (χ2v) is 2.81. The van der Waals surface area contributed by atoms with Gasteiger partial charge in [0, 0.05) is 0 Å². The molecule has 1 aliphatic rings. The predicted molar refractivity (Wildman–Crippen MR) is 42.1 cm³/mol. The number of carbonyl (C=O) groups excluding carboxylic acids is 3. The Morgan fingerprint density at radius 2 is 2.07 bits per heavy atom. The first-order valence-electron chi connectivity index (χ1n) is 3.82. The maximum Gasteiger partial charge on any atom is 0.331 e. The monoisotopic (exact) mass is 200 g/mol. The maximum absolute atomic E-state index is 11.1. The normalized spacial score (nSPS) is 19.2. The lowest BCUT2D eigenvalue weighted by molar-refractivity contribution is -0.149. The summed E-state index contributed by atoms with van der Waals surface area (Å²) in [5.74, 6) is -2.81. The van der Waals surface area contributed by atoms with Crippen molar-refractivity contribution in [2.24, 2.45) is 0 Å². The molecule has 1 atom stereocenters. The Kier molecular flexibility index (Phi) is 2.50. The van der Waals surface area contributed by atoms with Crippen LogP contribution in [0.15, 0.2) is 0 Å². The van der Waals surface area contributed by atoms with Crippen LogP contribution in [0, 0.1) is 0 Å². The van der Waals surface area contributed by atoms with Crippen LogP contribution >= 0.6 is 0 Å². The Balaban J connectivity index is 2.87. The molecule has 7 nitrogen and oxygen atoms in total. The molecular weight excluding hydrogens is 192 g/mol. The van der Waals surface area contributed by atoms with Crippen molar-refractivity contribution >= 4 is 23.8 Å². The number of carboxylic acids is 1. The van der Waals surface area contributed by atoms with Gasteiger partial charge in [0.15, 0.2) is 0 Å². The third-order valence-electron chi connectivity index (χ3n) is 1.79. The van der Waals surface area contributed by atoms with Gasteiger partial charge in [-0.25, -0.2) is 14.5 Å². The zero-order valence-electron chi connectivity index (χ0n) is 7.31. The zero-order valence-corrected chi connectivity index (χ0v) is 7.31. The molecule has 0 aromatic carbocycles. The number of urea groups is 1. The highest BCUT2D eigenvalue weighted by Gasteiger charge is 2.36. The number of carbonyl (C=O) groups is 4. The smallest absolute Gasteiger partial charge is 0.331 e. The summed E-state index contributed by atoms with van der Waals surface area (Å²) in [6, 6.07) is -2.25. The summed E-state index contributed by atoms with van der Waals surface area (Å²) in [4.78, 5) is 43.9. The molecule has 1 unspecified atom stereocenters. The molecule has 0 aromatic heterocycles. The molecule has 1 rings (SSSR count). The molecule has 1 heterocycles. The Bertz CT molecular complexity index is 304. The number of aliphatic carboxylic acids is 1. The Morgan fingerprint density at radius 1 is 1.50 bits per heavy atom. The SMILES string of the molecule is CC(C(=O)O)N1C(=O)CC(=O)NC1=O. The maximum atomic E-state index is 11.1. The quantitative estimate of drug-likeness (QED) is 0.552. The number of imide groups is 2. The van der Waals surface area contributed by atoms with Crippen molar-refractivity contribution in [1.29, 1.82) is 0 Å². The van der Waals surface area contributed by atoms with Crippen molar-refractivity contribution < 1.29 is 24.3 Å². The summed E-state index contributed by atoms with van der Waals surface area (Å²) < 4.78 is 0. The first-order chi connectivity index (χ1) is 6.43. The van der Waals surface area contributed by atoms with E-state index < -0.39 is 36.3 Å². The number of hydrogen-bond donors (Lipinski definition) is 2. The number of rotatable bonds is 2. The van der Waals surface area contributed by atoms with E-state index in [0.717, 1.165) is 0 Å². The van der Waals surface area contributed by atoms with Crippen molar-refractivity contribution in [3.63, 3.8) is 0 Å². The van der Waals surface area contributed by atoms with Crippen LogP contribution < -0.4 is 5.32 Å². The van der Waals surface area contributed by atoms with Crippen molar-refractivity contribution in [3.05, 3.63) is 0 Å². The van der Waals surface area contributed by atoms with Gasteiger partial charge in [-0.2, -0.15) is 0 Å². The molecule has 76 valence electrons. The molecule has 0 aliphatic carbocycles. The van der Waals surface area contributed by atoms with Crippen LogP contribution in [0.2, 0.25) is 0 Å². The summed E-state index contributed by atoms with van der Waals surface area (Å²) in [5.41, 5.74) is 0. The minimum absolute atomic E-state index is 0.497. The van der Waals surface area contributed by atoms with E-state index in [4.69, 9.17) is 5.11 Å². The summed E-state index contributed by atoms with van der Waals surface area (Å²) in [6.07, 6.45) is -0.497. The second-order valence-electron chi connectivity index (χ2n) is 2.81. The lowest BCUT2D eigenvalue weighted by Crippen LogP contribution is -2.57. The minimum Gasteiger partial charge on any atom is -0.480 e. The standard InChI is InChI=1S/C7H8N2O5/c1-3(6(12)13)9-5(11)2-4(10)8-7(9)14/h3H,2H2,1H3,(H,12,13)(H,8,10,14). The topological polar surface area (TPSA) is 104 Å². The zero-order chi connectivity index (χ0) is 10.9. The number of carboxylic acid groups (broad SMARTS) is 1. The summed E-state index contributed by atoms with van der Waals surface area (Å²) in [7, 11) is 0. The van der Waals surface area contributed by atoms with E-state index in [9.17, 15) is 19.2 Å². The molecule has 1 aliphatic heterocycles. The minimum atomic E-state index is -1.30. The lowest BCUT2D eigenvalue weighted by atomic mass is 10.2. The largest absolute Gasteiger partial charge is 0.480 e. The van der Waals surface area contributed by atoms with E-state index in [2.05, 4.69) is 0 Å². The van der Waals surface area contributed by atoms with Gasteiger partial charge in [-0.05, 0) is 6.92 Å². The Hall–Kier alpha value is -1.92. The molecule has 1 saturated heterocycles. The Labute approximate surface area is 78.7 Å². The molecule has 1 fully saturated rings. The highest BCUT2D eigenvalue weighted by Crippen LogP contribution is 2.07. The van der Waals surface area contributed by atoms with Gasteiger partial charge in [0.2, 0.25) is 11.8 Å². The number of hydrogen-bond acceptors (Lipinski definition) is 4. The number of amides is 4. The summed E-state index contributed by atoms with van der Waals surface area (Å²) in [5, 5.41) is 10.4. The van der Waals surface area contributed by atoms with Gasteiger partial charge in [-0.3, -0.25) is 14.9 Å². The van der Waals surface area contributed by atoms with E-state index in [-0.39, 0.29) is 0 Å². The molecular formula is C7H8N2O5. The molecule has 4 amide bonds. The third-order valence-corrected chi connectivity index (χ3v) is 1.79. The van der Waals surface area contributed by atoms with Crippen LogP contribution in [-0.4, -0.2) is 39.9 Å². The fourth-order valence-corrected chi connectivity index (χ4v) is 1.06. The lowest BCUT2D eigenvalue weighted by Gasteiger charge is -2.27. The van der Waals surface area contributed by atoms with Gasteiger partial charge >= 0.3 is 12.0 Å². The average molecular weight is 200 g/mol.